The van der Waals surface area contributed by atoms with E-state index in [1.807, 2.05) is 7.05 Å². The molecule has 1 rings (SSSR count). The molecule has 0 aromatic heterocycles. The molecule has 1 saturated carbocycles. The van der Waals surface area contributed by atoms with Crippen molar-refractivity contribution in [2.75, 3.05) is 12.8 Å². The van der Waals surface area contributed by atoms with E-state index in [-0.39, 0.29) is 0 Å². The van der Waals surface area contributed by atoms with Crippen molar-refractivity contribution in [2.24, 2.45) is 0 Å². The molecule has 84 valence electrons. The summed E-state index contributed by atoms with van der Waals surface area (Å²) in [5.41, 5.74) is 0. The third kappa shape index (κ3) is 4.09. The van der Waals surface area contributed by atoms with E-state index in [1.165, 1.54) is 32.1 Å². The van der Waals surface area contributed by atoms with Crippen molar-refractivity contribution >= 4 is 10.8 Å². The van der Waals surface area contributed by atoms with Crippen LogP contribution in [0.2, 0.25) is 0 Å². The molecule has 0 aromatic carbocycles. The number of hydrogen-bond donors (Lipinski definition) is 1. The fourth-order valence-electron chi connectivity index (χ4n) is 1.93. The zero-order chi connectivity index (χ0) is 10.4. The average molecular weight is 217 g/mol. The Morgan fingerprint density at radius 3 is 2.57 bits per heavy atom. The maximum Gasteiger partial charge on any atom is 0.0348 e. The molecule has 0 aliphatic heterocycles. The molecular formula is C11H23NOS. The molecular weight excluding hydrogens is 194 g/mol. The molecule has 0 amide bonds. The maximum atomic E-state index is 11.9. The Balaban J connectivity index is 2.19. The summed E-state index contributed by atoms with van der Waals surface area (Å²) in [7, 11) is 1.40. The highest BCUT2D eigenvalue weighted by Gasteiger charge is 2.19. The van der Waals surface area contributed by atoms with E-state index in [1.54, 1.807) is 0 Å². The first-order valence-electron chi connectivity index (χ1n) is 5.78. The van der Waals surface area contributed by atoms with Gasteiger partial charge in [-0.2, -0.15) is 0 Å². The molecule has 1 N–H and O–H groups in total. The predicted octanol–water partition coefficient (Wildman–Crippen LogP) is 2.07. The molecule has 0 saturated heterocycles. The maximum absolute atomic E-state index is 11.9. The van der Waals surface area contributed by atoms with Gasteiger partial charge in [-0.1, -0.05) is 19.3 Å². The van der Waals surface area contributed by atoms with Gasteiger partial charge in [-0.15, -0.1) is 0 Å². The number of rotatable bonds is 5. The van der Waals surface area contributed by atoms with Gasteiger partial charge >= 0.3 is 0 Å². The molecule has 1 aliphatic carbocycles. The largest absolute Gasteiger partial charge is 0.317 e. The van der Waals surface area contributed by atoms with Gasteiger partial charge in [0.2, 0.25) is 0 Å². The second kappa shape index (κ2) is 6.57. The quantitative estimate of drug-likeness (QED) is 0.764. The van der Waals surface area contributed by atoms with Gasteiger partial charge in [0.1, 0.15) is 0 Å². The van der Waals surface area contributed by atoms with E-state index in [0.717, 1.165) is 12.2 Å². The molecule has 0 radical (unpaired) electrons. The van der Waals surface area contributed by atoms with Crippen molar-refractivity contribution in [2.45, 2.75) is 56.7 Å². The Kier molecular flexibility index (Phi) is 5.71. The van der Waals surface area contributed by atoms with Crippen LogP contribution in [0.4, 0.5) is 0 Å². The summed E-state index contributed by atoms with van der Waals surface area (Å²) in [4.78, 5) is 0. The minimum absolute atomic E-state index is 0.502. The molecule has 0 aromatic rings. The molecule has 1 aliphatic rings. The van der Waals surface area contributed by atoms with Crippen molar-refractivity contribution in [1.82, 2.24) is 5.32 Å². The lowest BCUT2D eigenvalue weighted by Gasteiger charge is -2.21. The second-order valence-corrected chi connectivity index (χ2v) is 6.16. The monoisotopic (exact) mass is 217 g/mol. The molecule has 0 bridgehead atoms. The summed E-state index contributed by atoms with van der Waals surface area (Å²) >= 11 is 0. The summed E-state index contributed by atoms with van der Waals surface area (Å²) in [6.45, 7) is 2.15. The third-order valence-electron chi connectivity index (χ3n) is 3.17. The van der Waals surface area contributed by atoms with Crippen LogP contribution in [0, 0.1) is 0 Å². The summed E-state index contributed by atoms with van der Waals surface area (Å²) < 4.78 is 11.9. The highest BCUT2D eigenvalue weighted by molar-refractivity contribution is 7.85. The van der Waals surface area contributed by atoms with Crippen LogP contribution < -0.4 is 5.32 Å². The lowest BCUT2D eigenvalue weighted by atomic mass is 10.0. The van der Waals surface area contributed by atoms with Crippen molar-refractivity contribution < 1.29 is 4.21 Å². The summed E-state index contributed by atoms with van der Waals surface area (Å²) in [6.07, 6.45) is 7.36. The van der Waals surface area contributed by atoms with Gasteiger partial charge in [-0.05, 0) is 33.2 Å². The summed E-state index contributed by atoms with van der Waals surface area (Å²) in [5.74, 6) is 0.882. The molecule has 3 heteroatoms. The zero-order valence-electron chi connectivity index (χ0n) is 9.42. The van der Waals surface area contributed by atoms with E-state index in [0.29, 0.717) is 11.3 Å². The molecule has 2 atom stereocenters. The van der Waals surface area contributed by atoms with Crippen LogP contribution in [0.3, 0.4) is 0 Å². The van der Waals surface area contributed by atoms with Gasteiger partial charge in [-0.3, -0.25) is 4.21 Å². The van der Waals surface area contributed by atoms with E-state index in [2.05, 4.69) is 12.2 Å². The van der Waals surface area contributed by atoms with Crippen LogP contribution >= 0.6 is 0 Å². The third-order valence-corrected chi connectivity index (χ3v) is 5.02. The van der Waals surface area contributed by atoms with Crippen molar-refractivity contribution in [3.63, 3.8) is 0 Å². The van der Waals surface area contributed by atoms with Crippen molar-refractivity contribution in [3.05, 3.63) is 0 Å². The normalized spacial score (nSPS) is 23.3. The van der Waals surface area contributed by atoms with Crippen molar-refractivity contribution in [3.8, 4) is 0 Å². The Morgan fingerprint density at radius 2 is 2.00 bits per heavy atom. The average Bonchev–Trinajstić information content (AvgIpc) is 2.26. The minimum atomic E-state index is -0.569. The molecule has 2 unspecified atom stereocenters. The SMILES string of the molecule is CNC(C)CCS(=O)C1CCCCC1. The van der Waals surface area contributed by atoms with Crippen LogP contribution in [0.25, 0.3) is 0 Å². The highest BCUT2D eigenvalue weighted by atomic mass is 32.2. The second-order valence-electron chi connectivity index (χ2n) is 4.32. The van der Waals surface area contributed by atoms with Gasteiger partial charge < -0.3 is 5.32 Å². The van der Waals surface area contributed by atoms with Gasteiger partial charge in [0.05, 0.1) is 0 Å². The van der Waals surface area contributed by atoms with Gasteiger partial charge in [0.25, 0.3) is 0 Å². The van der Waals surface area contributed by atoms with Gasteiger partial charge in [-0.25, -0.2) is 0 Å². The first-order valence-corrected chi connectivity index (χ1v) is 7.16. The van der Waals surface area contributed by atoms with Crippen LogP contribution in [0.1, 0.15) is 45.4 Å². The molecule has 2 nitrogen and oxygen atoms in total. The highest BCUT2D eigenvalue weighted by Crippen LogP contribution is 2.22. The van der Waals surface area contributed by atoms with Crippen LogP contribution in [-0.2, 0) is 10.8 Å². The number of hydrogen-bond acceptors (Lipinski definition) is 2. The van der Waals surface area contributed by atoms with E-state index in [4.69, 9.17) is 0 Å². The predicted molar refractivity (Wildman–Crippen MR) is 63.0 cm³/mol. The molecule has 14 heavy (non-hydrogen) atoms. The van der Waals surface area contributed by atoms with Gasteiger partial charge in [0.15, 0.2) is 0 Å². The topological polar surface area (TPSA) is 29.1 Å². The molecule has 0 heterocycles. The standard InChI is InChI=1S/C11H23NOS/c1-10(12-2)8-9-14(13)11-6-4-3-5-7-11/h10-12H,3-9H2,1-2H3. The lowest BCUT2D eigenvalue weighted by molar-refractivity contribution is 0.502. The molecule has 1 fully saturated rings. The summed E-state index contributed by atoms with van der Waals surface area (Å²) in [5, 5.41) is 3.70. The van der Waals surface area contributed by atoms with Gasteiger partial charge in [0, 0.05) is 27.8 Å². The van der Waals surface area contributed by atoms with Crippen LogP contribution in [-0.4, -0.2) is 28.3 Å². The lowest BCUT2D eigenvalue weighted by Crippen LogP contribution is -2.26. The van der Waals surface area contributed by atoms with E-state index >= 15 is 0 Å². The van der Waals surface area contributed by atoms with E-state index in [9.17, 15) is 4.21 Å². The summed E-state index contributed by atoms with van der Waals surface area (Å²) in [6, 6.07) is 0.502. The van der Waals surface area contributed by atoms with Crippen LogP contribution in [0.15, 0.2) is 0 Å². The fourth-order valence-corrected chi connectivity index (χ4v) is 3.71. The first-order chi connectivity index (χ1) is 6.74. The Morgan fingerprint density at radius 1 is 1.36 bits per heavy atom. The molecule has 0 spiro atoms. The smallest absolute Gasteiger partial charge is 0.0348 e. The van der Waals surface area contributed by atoms with Crippen molar-refractivity contribution in [1.29, 1.82) is 0 Å². The first kappa shape index (κ1) is 12.2. The Hall–Kier alpha value is 0.110. The minimum Gasteiger partial charge on any atom is -0.317 e. The number of nitrogens with one attached hydrogen (secondary N) is 1. The zero-order valence-corrected chi connectivity index (χ0v) is 10.2. The fraction of sp³-hybridized carbons (Fsp3) is 1.00. The Bertz CT molecular complexity index is 178. The Labute approximate surface area is 90.3 Å². The van der Waals surface area contributed by atoms with Crippen LogP contribution in [0.5, 0.6) is 0 Å². The van der Waals surface area contributed by atoms with E-state index < -0.39 is 10.8 Å².